The predicted molar refractivity (Wildman–Crippen MR) is 333 cm³/mol. The molecule has 0 aliphatic carbocycles. The van der Waals surface area contributed by atoms with E-state index in [2.05, 4.69) is 198 Å². The van der Waals surface area contributed by atoms with E-state index in [1.807, 2.05) is 92.1 Å². The van der Waals surface area contributed by atoms with E-state index in [0.29, 0.717) is 45.1 Å². The largest absolute Gasteiger partial charge is 0.509 e. The zero-order chi connectivity index (χ0) is 57.7. The summed E-state index contributed by atoms with van der Waals surface area (Å²) in [6.07, 6.45) is 0.00777. The molecule has 0 fully saturated rings. The normalized spacial score (nSPS) is 13.3. The number of benzene rings is 9. The second-order valence-electron chi connectivity index (χ2n) is 24.2. The van der Waals surface area contributed by atoms with E-state index in [4.69, 9.17) is 14.1 Å². The van der Waals surface area contributed by atoms with Gasteiger partial charge in [-0.05, 0) is 116 Å². The Morgan fingerprint density at radius 2 is 1.21 bits per heavy atom. The molecule has 13 rings (SSSR count). The second-order valence-corrected chi connectivity index (χ2v) is 24.2. The molecule has 408 valence electrons. The number of anilines is 4. The molecule has 1 aliphatic rings. The van der Waals surface area contributed by atoms with E-state index in [1.165, 1.54) is 11.1 Å². The summed E-state index contributed by atoms with van der Waals surface area (Å²) in [6.45, 7) is 21.3. The van der Waals surface area contributed by atoms with Crippen LogP contribution in [-0.2, 0) is 38.3 Å². The van der Waals surface area contributed by atoms with Crippen LogP contribution in [0.15, 0.2) is 199 Å². The second kappa shape index (κ2) is 20.7. The number of rotatable bonds is 9. The molecule has 0 radical (unpaired) electrons. The van der Waals surface area contributed by atoms with Crippen molar-refractivity contribution in [2.45, 2.75) is 79.5 Å². The Hall–Kier alpha value is -8.69. The Balaban J connectivity index is 0.00000694. The molecule has 1 aliphatic heterocycles. The molecule has 0 amide bonds. The fourth-order valence-electron chi connectivity index (χ4n) is 11.4. The number of furan rings is 1. The molecule has 0 bridgehead atoms. The van der Waals surface area contributed by atoms with Gasteiger partial charge in [0.05, 0.1) is 11.6 Å². The molecule has 0 N–H and O–H groups in total. The number of hydrogen-bond donors (Lipinski definition) is 0. The number of nitriles is 1. The van der Waals surface area contributed by atoms with Crippen LogP contribution in [0.5, 0.6) is 11.5 Å². The average Bonchev–Trinajstić information content (AvgIpc) is 1.87. The molecule has 0 saturated heterocycles. The first-order valence-electron chi connectivity index (χ1n) is 28.7. The van der Waals surface area contributed by atoms with Gasteiger partial charge in [-0.15, -0.1) is 42.7 Å². The molecular formula is C74H62N5O2Pt-3. The van der Waals surface area contributed by atoms with Crippen LogP contribution in [0.25, 0.3) is 82.9 Å². The SMILES string of the molecule is [2H]C([2H])(c1cc(-n2c3[c-]c(Oc4[c-]c(N5[CH-]N(c6c(-c7ccccc7)cc(C(C)(C)C)cc6-c6ccccc6)c6ccccc65)ccc4)ccc3c3c4oc5cccc(C#N)c5c4ccc32)ncc1-c1ccc(C(C)(C)C)cc1)C(C)(C)C.[Pt]. The molecule has 0 spiro atoms. The van der Waals surface area contributed by atoms with Crippen molar-refractivity contribution in [1.82, 2.24) is 9.55 Å². The summed E-state index contributed by atoms with van der Waals surface area (Å²) >= 11 is 0. The first-order chi connectivity index (χ1) is 39.8. The number of nitrogens with zero attached hydrogens (tertiary/aromatic N) is 5. The number of aromatic nitrogens is 2. The molecule has 3 aromatic heterocycles. The van der Waals surface area contributed by atoms with Gasteiger partial charge < -0.3 is 23.5 Å². The standard InChI is InChI=1S/C74H62N5O2.Pt/c1-72(2,3)43-51-38-67(76-45-61(51)49-30-32-52(33-31-49)73(4,5)6)79-64-37-36-58-68-50(44-75)24-18-29-66(68)81-71(58)69(64)57-35-34-56(42-65(57)79)80-55-26-19-25-54(41-55)77-46-78(63-28-17-16-27-62(63)77)70-59(47-20-12-10-13-21-47)39-53(74(7,8)9)40-60(70)48-22-14-11-15-23-48;/h10-40,45-46H,43H2,1-9H3;/q-3;/i43D2;. The Morgan fingerprint density at radius 3 is 1.85 bits per heavy atom. The van der Waals surface area contributed by atoms with E-state index in [1.54, 1.807) is 6.20 Å². The van der Waals surface area contributed by atoms with Gasteiger partial charge in [0.25, 0.3) is 0 Å². The number of ether oxygens (including phenoxy) is 1. The van der Waals surface area contributed by atoms with Crippen molar-refractivity contribution in [3.05, 3.63) is 235 Å². The molecular weight excluding hydrogens is 1190 g/mol. The fraction of sp³-hybridized carbons (Fsp3) is 0.176. The van der Waals surface area contributed by atoms with Gasteiger partial charge in [-0.25, -0.2) is 4.98 Å². The van der Waals surface area contributed by atoms with Crippen LogP contribution in [0.2, 0.25) is 0 Å². The smallest absolute Gasteiger partial charge is 0.136 e. The summed E-state index contributed by atoms with van der Waals surface area (Å²) in [4.78, 5) is 9.68. The summed E-state index contributed by atoms with van der Waals surface area (Å²) in [6, 6.07) is 73.9. The predicted octanol–water partition coefficient (Wildman–Crippen LogP) is 19.9. The third kappa shape index (κ3) is 9.73. The molecule has 4 heterocycles. The molecule has 8 heteroatoms. The minimum absolute atomic E-state index is 0. The van der Waals surface area contributed by atoms with Crippen LogP contribution >= 0.6 is 0 Å². The van der Waals surface area contributed by atoms with Crippen molar-refractivity contribution in [2.75, 3.05) is 9.80 Å². The Labute approximate surface area is 498 Å². The molecule has 0 atom stereocenters. The van der Waals surface area contributed by atoms with E-state index < -0.39 is 11.8 Å². The number of fused-ring (bicyclic) bond motifs is 8. The van der Waals surface area contributed by atoms with Crippen molar-refractivity contribution in [3.8, 4) is 56.8 Å². The topological polar surface area (TPSA) is 70.5 Å². The summed E-state index contributed by atoms with van der Waals surface area (Å²) in [7, 11) is 0. The van der Waals surface area contributed by atoms with Crippen molar-refractivity contribution in [3.63, 3.8) is 0 Å². The van der Waals surface area contributed by atoms with Crippen molar-refractivity contribution in [1.29, 1.82) is 5.26 Å². The maximum atomic E-state index is 10.3. The molecule has 12 aromatic rings. The molecule has 82 heavy (non-hydrogen) atoms. The Bertz CT molecular complexity index is 4500. The van der Waals surface area contributed by atoms with E-state index >= 15 is 0 Å². The monoisotopic (exact) mass is 1250 g/mol. The molecule has 0 saturated carbocycles. The maximum Gasteiger partial charge on any atom is 0.136 e. The third-order valence-electron chi connectivity index (χ3n) is 15.3. The summed E-state index contributed by atoms with van der Waals surface area (Å²) < 4.78 is 35.2. The summed E-state index contributed by atoms with van der Waals surface area (Å²) in [5, 5.41) is 13.4. The third-order valence-corrected chi connectivity index (χ3v) is 15.3. The first kappa shape index (κ1) is 51.5. The van der Waals surface area contributed by atoms with Gasteiger partial charge >= 0.3 is 0 Å². The van der Waals surface area contributed by atoms with Crippen LogP contribution in [0.4, 0.5) is 22.7 Å². The van der Waals surface area contributed by atoms with Gasteiger partial charge in [0.15, 0.2) is 0 Å². The van der Waals surface area contributed by atoms with Crippen molar-refractivity contribution in [2.24, 2.45) is 5.41 Å². The van der Waals surface area contributed by atoms with Gasteiger partial charge in [-0.3, -0.25) is 0 Å². The summed E-state index contributed by atoms with van der Waals surface area (Å²) in [5.74, 6) is 1.43. The number of hydrogen-bond acceptors (Lipinski definition) is 6. The molecule has 9 aromatic carbocycles. The van der Waals surface area contributed by atoms with Crippen LogP contribution in [0.3, 0.4) is 0 Å². The number of para-hydroxylation sites is 2. The maximum absolute atomic E-state index is 10.3. The van der Waals surface area contributed by atoms with Crippen molar-refractivity contribution < 1.29 is 33.0 Å². The fourth-order valence-corrected chi connectivity index (χ4v) is 11.4. The number of pyridine rings is 1. The van der Waals surface area contributed by atoms with E-state index in [0.717, 1.165) is 83.2 Å². The molecule has 7 nitrogen and oxygen atoms in total. The minimum Gasteiger partial charge on any atom is -0.509 e. The summed E-state index contributed by atoms with van der Waals surface area (Å²) in [5.41, 5.74) is 15.2. The van der Waals surface area contributed by atoms with E-state index in [9.17, 15) is 8.00 Å². The van der Waals surface area contributed by atoms with E-state index in [-0.39, 0.29) is 31.9 Å². The van der Waals surface area contributed by atoms with Gasteiger partial charge in [-0.1, -0.05) is 176 Å². The van der Waals surface area contributed by atoms with Crippen LogP contribution in [0.1, 0.15) is 87.3 Å². The zero-order valence-corrected chi connectivity index (χ0v) is 49.7. The van der Waals surface area contributed by atoms with Gasteiger partial charge in [0.1, 0.15) is 17.0 Å². The van der Waals surface area contributed by atoms with Gasteiger partial charge in [-0.2, -0.15) is 17.4 Å². The van der Waals surface area contributed by atoms with Crippen LogP contribution < -0.4 is 14.5 Å². The Kier molecular flexibility index (Phi) is 13.0. The van der Waals surface area contributed by atoms with Gasteiger partial charge in [0.2, 0.25) is 0 Å². The van der Waals surface area contributed by atoms with Crippen LogP contribution in [0, 0.1) is 35.5 Å². The first-order valence-corrected chi connectivity index (χ1v) is 27.7. The zero-order valence-electron chi connectivity index (χ0n) is 49.4. The molecule has 0 unspecified atom stereocenters. The Morgan fingerprint density at radius 1 is 0.598 bits per heavy atom. The van der Waals surface area contributed by atoms with Gasteiger partial charge in [0, 0.05) is 91.5 Å². The van der Waals surface area contributed by atoms with Crippen molar-refractivity contribution >= 4 is 66.5 Å². The quantitative estimate of drug-likeness (QED) is 0.134. The van der Waals surface area contributed by atoms with Crippen LogP contribution in [-0.4, -0.2) is 9.55 Å². The minimum atomic E-state index is -1.80. The average molecular weight is 1250 g/mol.